The molecule has 1 aliphatic rings. The Morgan fingerprint density at radius 2 is 1.52 bits per heavy atom. The van der Waals surface area contributed by atoms with E-state index in [2.05, 4.69) is 84.0 Å². The molecule has 0 spiro atoms. The second-order valence-corrected chi connectivity index (χ2v) is 8.20. The lowest BCUT2D eigenvalue weighted by atomic mass is 9.83. The van der Waals surface area contributed by atoms with E-state index in [0.717, 1.165) is 6.42 Å². The summed E-state index contributed by atoms with van der Waals surface area (Å²) < 4.78 is 0. The first-order chi connectivity index (χ1) is 11.9. The largest absolute Gasteiger partial charge is 0.0648 e. The summed E-state index contributed by atoms with van der Waals surface area (Å²) in [6.45, 7) is 13.9. The van der Waals surface area contributed by atoms with Crippen LogP contribution < -0.4 is 0 Å². The molecule has 0 heteroatoms. The van der Waals surface area contributed by atoms with Gasteiger partial charge in [-0.2, -0.15) is 0 Å². The minimum atomic E-state index is 0.529. The van der Waals surface area contributed by atoms with Crippen molar-refractivity contribution in [1.82, 2.24) is 0 Å². The molecule has 2 aromatic carbocycles. The van der Waals surface area contributed by atoms with Gasteiger partial charge in [-0.15, -0.1) is 0 Å². The van der Waals surface area contributed by atoms with Crippen LogP contribution in [0.4, 0.5) is 0 Å². The van der Waals surface area contributed by atoms with Gasteiger partial charge in [-0.25, -0.2) is 0 Å². The van der Waals surface area contributed by atoms with Crippen LogP contribution in [0.1, 0.15) is 82.1 Å². The predicted octanol–water partition coefficient (Wildman–Crippen LogP) is 7.59. The van der Waals surface area contributed by atoms with E-state index in [9.17, 15) is 0 Å². The van der Waals surface area contributed by atoms with Crippen molar-refractivity contribution in [3.63, 3.8) is 0 Å². The van der Waals surface area contributed by atoms with Gasteiger partial charge in [0, 0.05) is 0 Å². The molecule has 0 saturated carbocycles. The van der Waals surface area contributed by atoms with Gasteiger partial charge in [0.15, 0.2) is 0 Å². The number of rotatable bonds is 5. The zero-order valence-electron chi connectivity index (χ0n) is 16.7. The lowest BCUT2D eigenvalue weighted by molar-refractivity contribution is 0.647. The summed E-state index contributed by atoms with van der Waals surface area (Å²) in [6, 6.07) is 13.8. The SMILES string of the molecule is CCC(C)C1=Cc2c(ccc(C(C)C)c2-c2ccccc2C(C)C)C1. The molecule has 0 nitrogen and oxygen atoms in total. The maximum Gasteiger partial charge on any atom is -0.00549 e. The highest BCUT2D eigenvalue weighted by Gasteiger charge is 2.24. The molecule has 0 bridgehead atoms. The van der Waals surface area contributed by atoms with Gasteiger partial charge in [0.2, 0.25) is 0 Å². The van der Waals surface area contributed by atoms with Gasteiger partial charge in [0.25, 0.3) is 0 Å². The van der Waals surface area contributed by atoms with Crippen molar-refractivity contribution < 1.29 is 0 Å². The molecular weight excluding hydrogens is 300 g/mol. The number of fused-ring (bicyclic) bond motifs is 1. The molecule has 0 aromatic heterocycles. The topological polar surface area (TPSA) is 0 Å². The summed E-state index contributed by atoms with van der Waals surface area (Å²) in [5.74, 6) is 1.73. The van der Waals surface area contributed by atoms with Crippen LogP contribution in [0.25, 0.3) is 17.2 Å². The van der Waals surface area contributed by atoms with E-state index in [1.54, 1.807) is 5.57 Å². The number of benzene rings is 2. The van der Waals surface area contributed by atoms with Crippen molar-refractivity contribution in [3.8, 4) is 11.1 Å². The van der Waals surface area contributed by atoms with Gasteiger partial charge in [0.05, 0.1) is 0 Å². The van der Waals surface area contributed by atoms with E-state index in [1.807, 2.05) is 0 Å². The second kappa shape index (κ2) is 7.20. The molecule has 0 heterocycles. The van der Waals surface area contributed by atoms with Crippen molar-refractivity contribution in [2.75, 3.05) is 0 Å². The number of allylic oxidation sites excluding steroid dienone is 1. The van der Waals surface area contributed by atoms with Crippen LogP contribution in [0.3, 0.4) is 0 Å². The van der Waals surface area contributed by atoms with Gasteiger partial charge in [-0.3, -0.25) is 0 Å². The average Bonchev–Trinajstić information content (AvgIpc) is 3.04. The van der Waals surface area contributed by atoms with E-state index in [-0.39, 0.29) is 0 Å². The normalized spacial score (nSPS) is 14.8. The van der Waals surface area contributed by atoms with Gasteiger partial charge < -0.3 is 0 Å². The first kappa shape index (κ1) is 18.0. The Labute approximate surface area is 154 Å². The summed E-state index contributed by atoms with van der Waals surface area (Å²) in [7, 11) is 0. The molecule has 2 aromatic rings. The van der Waals surface area contributed by atoms with Crippen LogP contribution in [0.15, 0.2) is 42.0 Å². The summed E-state index contributed by atoms with van der Waals surface area (Å²) in [6.07, 6.45) is 4.84. The maximum atomic E-state index is 2.50. The summed E-state index contributed by atoms with van der Waals surface area (Å²) in [4.78, 5) is 0. The van der Waals surface area contributed by atoms with Gasteiger partial charge in [-0.05, 0) is 64.0 Å². The fourth-order valence-electron chi connectivity index (χ4n) is 4.04. The third kappa shape index (κ3) is 3.32. The van der Waals surface area contributed by atoms with Crippen LogP contribution >= 0.6 is 0 Å². The Hall–Kier alpha value is -1.82. The summed E-state index contributed by atoms with van der Waals surface area (Å²) in [5, 5.41) is 0. The van der Waals surface area contributed by atoms with E-state index in [0.29, 0.717) is 17.8 Å². The molecule has 0 amide bonds. The van der Waals surface area contributed by atoms with Crippen molar-refractivity contribution >= 4 is 6.08 Å². The van der Waals surface area contributed by atoms with Crippen LogP contribution in [0.2, 0.25) is 0 Å². The van der Waals surface area contributed by atoms with Crippen LogP contribution in [-0.4, -0.2) is 0 Å². The standard InChI is InChI=1S/C25H32/c1-7-18(6)20-14-19-12-13-22(17(4)5)25(24(19)15-20)23-11-9-8-10-21(23)16(2)3/h8-13,15-18H,7,14H2,1-6H3. The summed E-state index contributed by atoms with van der Waals surface area (Å²) >= 11 is 0. The van der Waals surface area contributed by atoms with Crippen LogP contribution in [0, 0.1) is 5.92 Å². The molecule has 3 rings (SSSR count). The average molecular weight is 333 g/mol. The van der Waals surface area contributed by atoms with E-state index >= 15 is 0 Å². The van der Waals surface area contributed by atoms with Gasteiger partial charge in [-0.1, -0.05) is 89.6 Å². The molecule has 0 aliphatic heterocycles. The Morgan fingerprint density at radius 3 is 2.16 bits per heavy atom. The van der Waals surface area contributed by atoms with E-state index in [1.165, 1.54) is 39.8 Å². The van der Waals surface area contributed by atoms with Crippen LogP contribution in [0.5, 0.6) is 0 Å². The molecule has 25 heavy (non-hydrogen) atoms. The second-order valence-electron chi connectivity index (χ2n) is 8.20. The third-order valence-electron chi connectivity index (χ3n) is 5.81. The smallest absolute Gasteiger partial charge is 0.00549 e. The third-order valence-corrected chi connectivity index (χ3v) is 5.81. The molecule has 1 aliphatic carbocycles. The lowest BCUT2D eigenvalue weighted by Crippen LogP contribution is -2.01. The summed E-state index contributed by atoms with van der Waals surface area (Å²) in [5.41, 5.74) is 10.4. The van der Waals surface area contributed by atoms with Crippen molar-refractivity contribution in [1.29, 1.82) is 0 Å². The highest BCUT2D eigenvalue weighted by molar-refractivity contribution is 5.85. The first-order valence-corrected chi connectivity index (χ1v) is 9.89. The van der Waals surface area contributed by atoms with Crippen molar-refractivity contribution in [2.45, 2.75) is 66.2 Å². The van der Waals surface area contributed by atoms with Gasteiger partial charge >= 0.3 is 0 Å². The highest BCUT2D eigenvalue weighted by atomic mass is 14.3. The maximum absolute atomic E-state index is 2.50. The quantitative estimate of drug-likeness (QED) is 0.529. The Balaban J connectivity index is 2.27. The number of hydrogen-bond acceptors (Lipinski definition) is 0. The zero-order valence-corrected chi connectivity index (χ0v) is 16.7. The molecule has 0 N–H and O–H groups in total. The van der Waals surface area contributed by atoms with Crippen LogP contribution in [-0.2, 0) is 6.42 Å². The fraction of sp³-hybridized carbons (Fsp3) is 0.440. The highest BCUT2D eigenvalue weighted by Crippen LogP contribution is 2.43. The fourth-order valence-corrected chi connectivity index (χ4v) is 4.04. The Bertz CT molecular complexity index is 790. The molecule has 1 unspecified atom stereocenters. The van der Waals surface area contributed by atoms with Gasteiger partial charge in [0.1, 0.15) is 0 Å². The number of hydrogen-bond donors (Lipinski definition) is 0. The van der Waals surface area contributed by atoms with Crippen molar-refractivity contribution in [2.24, 2.45) is 5.92 Å². The molecule has 0 radical (unpaired) electrons. The minimum Gasteiger partial charge on any atom is -0.0648 e. The van der Waals surface area contributed by atoms with Crippen molar-refractivity contribution in [3.05, 3.63) is 64.2 Å². The molecule has 0 saturated heterocycles. The molecule has 0 fully saturated rings. The lowest BCUT2D eigenvalue weighted by Gasteiger charge is -2.21. The molecule has 132 valence electrons. The Kier molecular flexibility index (Phi) is 5.18. The first-order valence-electron chi connectivity index (χ1n) is 9.89. The minimum absolute atomic E-state index is 0.529. The predicted molar refractivity (Wildman–Crippen MR) is 111 cm³/mol. The molecule has 1 atom stereocenters. The molecular formula is C25H32. The van der Waals surface area contributed by atoms with E-state index < -0.39 is 0 Å². The zero-order chi connectivity index (χ0) is 18.1. The van der Waals surface area contributed by atoms with E-state index in [4.69, 9.17) is 0 Å². The monoisotopic (exact) mass is 332 g/mol. The Morgan fingerprint density at radius 1 is 0.840 bits per heavy atom.